The first-order valence-electron chi connectivity index (χ1n) is 13.4. The van der Waals surface area contributed by atoms with E-state index in [1.165, 1.54) is 27.9 Å². The van der Waals surface area contributed by atoms with Gasteiger partial charge in [-0.05, 0) is 60.7 Å². The third-order valence-corrected chi connectivity index (χ3v) is 8.55. The number of benzene rings is 2. The molecule has 0 saturated carbocycles. The molecular weight excluding hydrogens is 483 g/mol. The highest BCUT2D eigenvalue weighted by molar-refractivity contribution is 7.42. The second-order valence-electron chi connectivity index (χ2n) is 10.3. The van der Waals surface area contributed by atoms with Crippen molar-refractivity contribution in [1.82, 2.24) is 9.88 Å². The van der Waals surface area contributed by atoms with Gasteiger partial charge in [0, 0.05) is 55.0 Å². The maximum Gasteiger partial charge on any atom is 0.340 e. The summed E-state index contributed by atoms with van der Waals surface area (Å²) in [4.78, 5) is 8.40. The Labute approximate surface area is 219 Å². The number of nitrogens with zero attached hydrogens (tertiary/aromatic N) is 2. The molecule has 1 aromatic heterocycles. The largest absolute Gasteiger partial charge is 0.494 e. The van der Waals surface area contributed by atoms with Gasteiger partial charge in [0.05, 0.1) is 36.7 Å². The van der Waals surface area contributed by atoms with Crippen molar-refractivity contribution in [2.75, 3.05) is 69.4 Å². The molecule has 0 bridgehead atoms. The first kappa shape index (κ1) is 24.5. The maximum absolute atomic E-state index is 12.1. The van der Waals surface area contributed by atoms with Crippen molar-refractivity contribution in [3.8, 4) is 5.75 Å². The van der Waals surface area contributed by atoms with Gasteiger partial charge in [0.2, 0.25) is 0 Å². The van der Waals surface area contributed by atoms with Gasteiger partial charge in [-0.2, -0.15) is 0 Å². The van der Waals surface area contributed by atoms with Crippen molar-refractivity contribution in [3.63, 3.8) is 0 Å². The van der Waals surface area contributed by atoms with E-state index in [1.54, 1.807) is 6.66 Å². The zero-order valence-corrected chi connectivity index (χ0v) is 22.5. The lowest BCUT2D eigenvalue weighted by molar-refractivity contribution is 0.0358. The van der Waals surface area contributed by atoms with Crippen molar-refractivity contribution >= 4 is 35.8 Å². The van der Waals surface area contributed by atoms with Crippen LogP contribution < -0.4 is 15.0 Å². The fraction of sp³-hybridized carbons (Fsp3) is 0.448. The molecule has 0 amide bonds. The molecule has 1 atom stereocenters. The van der Waals surface area contributed by atoms with Crippen LogP contribution in [0.4, 0.5) is 11.4 Å². The van der Waals surface area contributed by atoms with Gasteiger partial charge in [-0.15, -0.1) is 0 Å². The Hall–Kier alpha value is -2.86. The highest BCUT2D eigenvalue weighted by Crippen LogP contribution is 2.40. The molecule has 0 radical (unpaired) electrons. The van der Waals surface area contributed by atoms with Crippen LogP contribution in [-0.2, 0) is 28.3 Å². The second-order valence-corrected chi connectivity index (χ2v) is 11.9. The number of aromatic nitrogens is 1. The van der Waals surface area contributed by atoms with Gasteiger partial charge in [-0.3, -0.25) is 4.90 Å². The quantitative estimate of drug-likeness (QED) is 0.298. The highest BCUT2D eigenvalue weighted by Gasteiger charge is 2.26. The van der Waals surface area contributed by atoms with Crippen molar-refractivity contribution in [3.05, 3.63) is 59.3 Å². The molecule has 1 unspecified atom stereocenters. The average Bonchev–Trinajstić information content (AvgIpc) is 3.64. The van der Waals surface area contributed by atoms with Crippen LogP contribution in [0.25, 0.3) is 16.6 Å². The van der Waals surface area contributed by atoms with Gasteiger partial charge in [-0.1, -0.05) is 11.1 Å². The normalized spacial score (nSPS) is 17.5. The summed E-state index contributed by atoms with van der Waals surface area (Å²) >= 11 is 0. The fourth-order valence-electron chi connectivity index (χ4n) is 5.89. The van der Waals surface area contributed by atoms with Crippen LogP contribution in [0.2, 0.25) is 0 Å². The fourth-order valence-corrected chi connectivity index (χ4v) is 6.62. The predicted octanol–water partition coefficient (Wildman–Crippen LogP) is 5.23. The van der Waals surface area contributed by atoms with Gasteiger partial charge in [0.1, 0.15) is 12.4 Å². The molecule has 1 fully saturated rings. The van der Waals surface area contributed by atoms with Crippen LogP contribution in [0.15, 0.2) is 36.9 Å². The Bertz CT molecular complexity index is 1340. The molecule has 7 nitrogen and oxygen atoms in total. The number of anilines is 2. The van der Waals surface area contributed by atoms with Gasteiger partial charge in [-0.25, -0.2) is 0 Å². The number of H-pyrrole nitrogens is 1. The molecule has 1 saturated heterocycles. The number of ether oxygens (including phenoxy) is 2. The molecule has 8 heteroatoms. The van der Waals surface area contributed by atoms with Crippen LogP contribution in [0.3, 0.4) is 0 Å². The minimum atomic E-state index is -1.27. The number of morpholine rings is 1. The molecule has 0 aliphatic carbocycles. The van der Waals surface area contributed by atoms with Crippen LogP contribution in [0, 0.1) is 0 Å². The highest BCUT2D eigenvalue weighted by atomic mass is 31.1. The standard InChI is InChI=1S/C29H36N4O3P/c1-20(26-18-25-24-6-8-30-27(24)17-22(19-37(2)34)29(25)31-26)33-10-7-21-16-23(4-5-28(21)33)36-13-3-9-32-11-14-35-15-12-32/h4-5,16-18,30-31H,1,3,6-15,19H2,2H3/q+1. The van der Waals surface area contributed by atoms with E-state index in [4.69, 9.17) is 9.47 Å². The number of fused-ring (bicyclic) bond motifs is 4. The number of nitrogens with one attached hydrogen (secondary N) is 2. The van der Waals surface area contributed by atoms with E-state index in [2.05, 4.69) is 57.0 Å². The van der Waals surface area contributed by atoms with E-state index in [9.17, 15) is 4.57 Å². The first-order chi connectivity index (χ1) is 18.1. The van der Waals surface area contributed by atoms with Crippen LogP contribution >= 0.6 is 7.80 Å². The summed E-state index contributed by atoms with van der Waals surface area (Å²) in [5.41, 5.74) is 9.24. The van der Waals surface area contributed by atoms with Gasteiger partial charge >= 0.3 is 7.80 Å². The van der Waals surface area contributed by atoms with Crippen LogP contribution in [0.5, 0.6) is 5.75 Å². The van der Waals surface area contributed by atoms with E-state index < -0.39 is 7.80 Å². The molecule has 3 aromatic rings. The molecular formula is C29H36N4O3P+. The summed E-state index contributed by atoms with van der Waals surface area (Å²) in [6, 6.07) is 10.9. The summed E-state index contributed by atoms with van der Waals surface area (Å²) < 4.78 is 23.6. The Morgan fingerprint density at radius 1 is 1.16 bits per heavy atom. The Morgan fingerprint density at radius 3 is 2.86 bits per heavy atom. The smallest absolute Gasteiger partial charge is 0.340 e. The van der Waals surface area contributed by atoms with Crippen molar-refractivity contribution < 1.29 is 14.0 Å². The monoisotopic (exact) mass is 519 g/mol. The van der Waals surface area contributed by atoms with Crippen LogP contribution in [-0.4, -0.2) is 69.1 Å². The molecule has 2 N–H and O–H groups in total. The summed E-state index contributed by atoms with van der Waals surface area (Å²) in [6.45, 7) is 13.6. The predicted molar refractivity (Wildman–Crippen MR) is 152 cm³/mol. The zero-order chi connectivity index (χ0) is 25.4. The molecule has 194 valence electrons. The topological polar surface area (TPSA) is 69.8 Å². The van der Waals surface area contributed by atoms with Crippen LogP contribution in [0.1, 0.15) is 28.8 Å². The third-order valence-electron chi connectivity index (χ3n) is 7.77. The van der Waals surface area contributed by atoms with Gasteiger partial charge in [0.25, 0.3) is 0 Å². The van der Waals surface area contributed by atoms with E-state index in [-0.39, 0.29) is 0 Å². The lowest BCUT2D eigenvalue weighted by Crippen LogP contribution is -2.37. The summed E-state index contributed by atoms with van der Waals surface area (Å²) in [6.07, 6.45) is 3.58. The molecule has 6 rings (SSSR count). The summed E-state index contributed by atoms with van der Waals surface area (Å²) in [7, 11) is -1.27. The molecule has 4 heterocycles. The lowest BCUT2D eigenvalue weighted by Gasteiger charge is -2.26. The number of rotatable bonds is 9. The number of hydrogen-bond donors (Lipinski definition) is 2. The summed E-state index contributed by atoms with van der Waals surface area (Å²) in [5.74, 6) is 0.945. The first-order valence-corrected chi connectivity index (χ1v) is 15.3. The molecule has 37 heavy (non-hydrogen) atoms. The Kier molecular flexibility index (Phi) is 6.94. The average molecular weight is 520 g/mol. The zero-order valence-electron chi connectivity index (χ0n) is 21.6. The van der Waals surface area contributed by atoms with Crippen molar-refractivity contribution in [1.29, 1.82) is 0 Å². The number of aromatic amines is 1. The lowest BCUT2D eigenvalue weighted by atomic mass is 10.0. The van der Waals surface area contributed by atoms with Crippen molar-refractivity contribution in [2.24, 2.45) is 0 Å². The van der Waals surface area contributed by atoms with E-state index >= 15 is 0 Å². The van der Waals surface area contributed by atoms with E-state index in [0.29, 0.717) is 6.16 Å². The van der Waals surface area contributed by atoms with Crippen molar-refractivity contribution in [2.45, 2.75) is 25.4 Å². The van der Waals surface area contributed by atoms with Gasteiger partial charge < -0.3 is 24.7 Å². The molecule has 0 spiro atoms. The molecule has 3 aliphatic rings. The Morgan fingerprint density at radius 2 is 2.03 bits per heavy atom. The third kappa shape index (κ3) is 5.00. The van der Waals surface area contributed by atoms with Gasteiger partial charge in [0.15, 0.2) is 6.16 Å². The van der Waals surface area contributed by atoms with E-state index in [1.807, 2.05) is 0 Å². The van der Waals surface area contributed by atoms with E-state index in [0.717, 1.165) is 100 Å². The SMILES string of the molecule is C=C(c1cc2c3c(cc(C[P+](C)=O)c2[nH]1)NCC3)N1CCc2cc(OCCCN3CCOCC3)ccc21. The second kappa shape index (κ2) is 10.5. The molecule has 2 aromatic carbocycles. The minimum Gasteiger partial charge on any atom is -0.494 e. The minimum absolute atomic E-state index is 0.578. The number of hydrogen-bond acceptors (Lipinski definition) is 6. The summed E-state index contributed by atoms with van der Waals surface area (Å²) in [5, 5.41) is 4.72. The maximum atomic E-state index is 12.1. The Balaban J connectivity index is 1.16. The molecule has 3 aliphatic heterocycles.